The summed E-state index contributed by atoms with van der Waals surface area (Å²) in [5.74, 6) is 0.983. The molecule has 0 aliphatic carbocycles. The lowest BCUT2D eigenvalue weighted by molar-refractivity contribution is 0.458. The summed E-state index contributed by atoms with van der Waals surface area (Å²) in [6, 6.07) is 14.0. The molecule has 1 aliphatic rings. The van der Waals surface area contributed by atoms with Gasteiger partial charge in [0.15, 0.2) is 5.65 Å². The molecule has 1 N–H and O–H groups in total. The van der Waals surface area contributed by atoms with Gasteiger partial charge in [-0.3, -0.25) is 0 Å². The van der Waals surface area contributed by atoms with E-state index in [4.69, 9.17) is 4.98 Å². The average molecular weight is 371 g/mol. The number of piperidine rings is 1. The summed E-state index contributed by atoms with van der Waals surface area (Å²) in [4.78, 5) is 6.95. The normalized spacial score (nSPS) is 16.3. The summed E-state index contributed by atoms with van der Waals surface area (Å²) in [6.07, 6.45) is 4.48. The Morgan fingerprint density at radius 1 is 1.12 bits per heavy atom. The highest BCUT2D eigenvalue weighted by Gasteiger charge is 2.24. The summed E-state index contributed by atoms with van der Waals surface area (Å²) in [6.45, 7) is 1.53. The van der Waals surface area contributed by atoms with Crippen LogP contribution in [-0.2, 0) is 10.0 Å². The highest BCUT2D eigenvalue weighted by atomic mass is 32.2. The zero-order valence-electron chi connectivity index (χ0n) is 14.5. The van der Waals surface area contributed by atoms with Crippen molar-refractivity contribution in [3.8, 4) is 11.3 Å². The van der Waals surface area contributed by atoms with Gasteiger partial charge in [0.05, 0.1) is 18.1 Å². The Labute approximate surface area is 152 Å². The summed E-state index contributed by atoms with van der Waals surface area (Å²) >= 11 is 0. The van der Waals surface area contributed by atoms with Gasteiger partial charge >= 0.3 is 0 Å². The number of benzene rings is 1. The predicted molar refractivity (Wildman–Crippen MR) is 102 cm³/mol. The minimum absolute atomic E-state index is 0.00945. The molecule has 26 heavy (non-hydrogen) atoms. The molecule has 1 fully saturated rings. The van der Waals surface area contributed by atoms with Crippen LogP contribution in [0, 0.1) is 0 Å². The first-order valence-corrected chi connectivity index (χ1v) is 10.5. The Morgan fingerprint density at radius 3 is 2.54 bits per heavy atom. The molecule has 0 saturated carbocycles. The SMILES string of the molecule is CS(=O)(=O)NC1CCN(c2cc(-c3ccccc3)nc3ccnn23)CC1. The quantitative estimate of drug-likeness (QED) is 0.758. The number of rotatable bonds is 4. The first-order chi connectivity index (χ1) is 12.5. The zero-order valence-corrected chi connectivity index (χ0v) is 15.4. The van der Waals surface area contributed by atoms with Crippen molar-refractivity contribution in [1.82, 2.24) is 19.3 Å². The number of sulfonamides is 1. The van der Waals surface area contributed by atoms with Crippen LogP contribution in [0.5, 0.6) is 0 Å². The summed E-state index contributed by atoms with van der Waals surface area (Å²) in [5, 5.41) is 4.41. The van der Waals surface area contributed by atoms with Crippen LogP contribution in [0.15, 0.2) is 48.7 Å². The molecule has 0 unspecified atom stereocenters. The molecule has 0 spiro atoms. The largest absolute Gasteiger partial charge is 0.356 e. The van der Waals surface area contributed by atoms with E-state index >= 15 is 0 Å². The number of hydrogen-bond donors (Lipinski definition) is 1. The van der Waals surface area contributed by atoms with Crippen LogP contribution < -0.4 is 9.62 Å². The number of fused-ring (bicyclic) bond motifs is 1. The maximum absolute atomic E-state index is 11.4. The van der Waals surface area contributed by atoms with Gasteiger partial charge in [-0.1, -0.05) is 30.3 Å². The molecule has 4 rings (SSSR count). The van der Waals surface area contributed by atoms with Crippen molar-refractivity contribution in [2.45, 2.75) is 18.9 Å². The van der Waals surface area contributed by atoms with Gasteiger partial charge in [0.25, 0.3) is 0 Å². The minimum Gasteiger partial charge on any atom is -0.356 e. The van der Waals surface area contributed by atoms with Crippen LogP contribution in [0.2, 0.25) is 0 Å². The van der Waals surface area contributed by atoms with Crippen molar-refractivity contribution in [2.24, 2.45) is 0 Å². The monoisotopic (exact) mass is 371 g/mol. The second-order valence-electron chi connectivity index (χ2n) is 6.62. The van der Waals surface area contributed by atoms with E-state index in [1.165, 1.54) is 6.26 Å². The van der Waals surface area contributed by atoms with Crippen LogP contribution in [0.3, 0.4) is 0 Å². The van der Waals surface area contributed by atoms with Gasteiger partial charge in [-0.2, -0.15) is 9.61 Å². The van der Waals surface area contributed by atoms with E-state index in [0.29, 0.717) is 0 Å². The summed E-state index contributed by atoms with van der Waals surface area (Å²) < 4.78 is 27.4. The molecule has 0 bridgehead atoms. The maximum atomic E-state index is 11.4. The molecule has 8 heteroatoms. The van der Waals surface area contributed by atoms with E-state index in [2.05, 4.69) is 20.8 Å². The Kier molecular flexibility index (Phi) is 4.37. The van der Waals surface area contributed by atoms with Gasteiger partial charge in [0, 0.05) is 36.8 Å². The van der Waals surface area contributed by atoms with Gasteiger partial charge in [0.1, 0.15) is 5.82 Å². The van der Waals surface area contributed by atoms with Crippen molar-refractivity contribution in [3.63, 3.8) is 0 Å². The number of nitrogens with zero attached hydrogens (tertiary/aromatic N) is 4. The van der Waals surface area contributed by atoms with Gasteiger partial charge in [-0.05, 0) is 12.8 Å². The van der Waals surface area contributed by atoms with Crippen LogP contribution >= 0.6 is 0 Å². The lowest BCUT2D eigenvalue weighted by Crippen LogP contribution is -2.44. The van der Waals surface area contributed by atoms with E-state index in [1.54, 1.807) is 6.20 Å². The molecule has 3 heterocycles. The van der Waals surface area contributed by atoms with Crippen LogP contribution in [0.1, 0.15) is 12.8 Å². The van der Waals surface area contributed by atoms with Gasteiger partial charge in [0.2, 0.25) is 10.0 Å². The van der Waals surface area contributed by atoms with E-state index < -0.39 is 10.0 Å². The maximum Gasteiger partial charge on any atom is 0.208 e. The topological polar surface area (TPSA) is 79.6 Å². The first-order valence-electron chi connectivity index (χ1n) is 8.62. The van der Waals surface area contributed by atoms with Gasteiger partial charge < -0.3 is 4.90 Å². The number of hydrogen-bond acceptors (Lipinski definition) is 5. The molecule has 0 amide bonds. The van der Waals surface area contributed by atoms with E-state index in [-0.39, 0.29) is 6.04 Å². The summed E-state index contributed by atoms with van der Waals surface area (Å²) in [7, 11) is -3.17. The van der Waals surface area contributed by atoms with Crippen LogP contribution in [-0.4, -0.2) is 48.4 Å². The molecule has 3 aromatic rings. The smallest absolute Gasteiger partial charge is 0.208 e. The number of aromatic nitrogens is 3. The Hall–Kier alpha value is -2.45. The molecule has 1 aliphatic heterocycles. The molecule has 1 aromatic carbocycles. The van der Waals surface area contributed by atoms with E-state index in [9.17, 15) is 8.42 Å². The van der Waals surface area contributed by atoms with Gasteiger partial charge in [-0.25, -0.2) is 18.1 Å². The van der Waals surface area contributed by atoms with Crippen molar-refractivity contribution in [3.05, 3.63) is 48.7 Å². The third-order valence-corrected chi connectivity index (χ3v) is 5.37. The molecule has 2 aromatic heterocycles. The van der Waals surface area contributed by atoms with Crippen LogP contribution in [0.25, 0.3) is 16.9 Å². The second-order valence-corrected chi connectivity index (χ2v) is 8.40. The Morgan fingerprint density at radius 2 is 1.85 bits per heavy atom. The minimum atomic E-state index is -3.17. The molecule has 0 radical (unpaired) electrons. The predicted octanol–water partition coefficient (Wildman–Crippen LogP) is 1.91. The van der Waals surface area contributed by atoms with Crippen molar-refractivity contribution in [1.29, 1.82) is 0 Å². The lowest BCUT2D eigenvalue weighted by Gasteiger charge is -2.33. The fraction of sp³-hybridized carbons (Fsp3) is 0.333. The van der Waals surface area contributed by atoms with Crippen molar-refractivity contribution in [2.75, 3.05) is 24.2 Å². The average Bonchev–Trinajstić information content (AvgIpc) is 3.10. The van der Waals surface area contributed by atoms with Crippen LogP contribution in [0.4, 0.5) is 5.82 Å². The third kappa shape index (κ3) is 3.56. The fourth-order valence-electron chi connectivity index (χ4n) is 3.41. The standard InChI is InChI=1S/C18H21N5O2S/c1-26(24,25)21-15-8-11-22(12-9-15)18-13-16(14-5-3-2-4-6-14)20-17-7-10-19-23(17)18/h2-7,10,13,15,21H,8-9,11-12H2,1H3. The van der Waals surface area contributed by atoms with E-state index in [0.717, 1.165) is 48.7 Å². The molecule has 1 saturated heterocycles. The van der Waals surface area contributed by atoms with Crippen molar-refractivity contribution < 1.29 is 8.42 Å². The highest BCUT2D eigenvalue weighted by Crippen LogP contribution is 2.26. The zero-order chi connectivity index (χ0) is 18.1. The third-order valence-electron chi connectivity index (χ3n) is 4.61. The molecule has 7 nitrogen and oxygen atoms in total. The number of nitrogens with one attached hydrogen (secondary N) is 1. The second kappa shape index (κ2) is 6.69. The summed E-state index contributed by atoms with van der Waals surface area (Å²) in [5.41, 5.74) is 2.77. The first kappa shape index (κ1) is 17.0. The molecule has 136 valence electrons. The van der Waals surface area contributed by atoms with Crippen molar-refractivity contribution >= 4 is 21.5 Å². The van der Waals surface area contributed by atoms with E-state index in [1.807, 2.05) is 40.9 Å². The molecular weight excluding hydrogens is 350 g/mol. The van der Waals surface area contributed by atoms with Gasteiger partial charge in [-0.15, -0.1) is 0 Å². The Balaban J connectivity index is 1.63. The Bertz CT molecular complexity index is 1010. The fourth-order valence-corrected chi connectivity index (χ4v) is 4.25. The number of anilines is 1. The lowest BCUT2D eigenvalue weighted by atomic mass is 10.1. The highest BCUT2D eigenvalue weighted by molar-refractivity contribution is 7.88. The molecule has 0 atom stereocenters. The molecular formula is C18H21N5O2S.